The van der Waals surface area contributed by atoms with Crippen LogP contribution in [-0.4, -0.2) is 11.7 Å². The van der Waals surface area contributed by atoms with Gasteiger partial charge in [-0.15, -0.1) is 0 Å². The average Bonchev–Trinajstić information content (AvgIpc) is 2.50. The minimum atomic E-state index is -0.0381. The minimum absolute atomic E-state index is 0.0381. The monoisotopic (exact) mass is 269 g/mol. The van der Waals surface area contributed by atoms with Gasteiger partial charge in [0, 0.05) is 6.04 Å². The van der Waals surface area contributed by atoms with Crippen molar-refractivity contribution in [2.45, 2.75) is 25.9 Å². The summed E-state index contributed by atoms with van der Waals surface area (Å²) in [4.78, 5) is 0. The van der Waals surface area contributed by atoms with Gasteiger partial charge in [0.05, 0.1) is 12.6 Å². The van der Waals surface area contributed by atoms with Crippen molar-refractivity contribution in [3.63, 3.8) is 0 Å². The summed E-state index contributed by atoms with van der Waals surface area (Å²) >= 11 is 0. The molecule has 106 valence electrons. The first-order valence-electron chi connectivity index (χ1n) is 7.19. The largest absolute Gasteiger partial charge is 0.394 e. The molecule has 0 bridgehead atoms. The zero-order chi connectivity index (χ0) is 14.4. The summed E-state index contributed by atoms with van der Waals surface area (Å²) in [5.41, 5.74) is 2.38. The number of hydrogen-bond donors (Lipinski definition) is 2. The molecule has 2 aromatic carbocycles. The molecule has 0 aliphatic rings. The number of benzene rings is 2. The Morgan fingerprint density at radius 3 is 1.80 bits per heavy atom. The summed E-state index contributed by atoms with van der Waals surface area (Å²) in [6.07, 6.45) is 0. The van der Waals surface area contributed by atoms with E-state index in [0.29, 0.717) is 5.92 Å². The second kappa shape index (κ2) is 7.22. The number of aliphatic hydroxyl groups excluding tert-OH is 1. The van der Waals surface area contributed by atoms with Crippen LogP contribution in [0.1, 0.15) is 37.1 Å². The van der Waals surface area contributed by atoms with Gasteiger partial charge in [0.25, 0.3) is 0 Å². The molecule has 0 saturated carbocycles. The molecule has 2 nitrogen and oxygen atoms in total. The molecule has 0 radical (unpaired) electrons. The van der Waals surface area contributed by atoms with Crippen LogP contribution in [-0.2, 0) is 0 Å². The van der Waals surface area contributed by atoms with Gasteiger partial charge in [0.15, 0.2) is 0 Å². The summed E-state index contributed by atoms with van der Waals surface area (Å²) in [6, 6.07) is 20.7. The third-order valence-electron chi connectivity index (χ3n) is 3.59. The van der Waals surface area contributed by atoms with Crippen LogP contribution in [0.3, 0.4) is 0 Å². The quantitative estimate of drug-likeness (QED) is 0.838. The van der Waals surface area contributed by atoms with Gasteiger partial charge in [0.1, 0.15) is 0 Å². The molecule has 0 aliphatic heterocycles. The number of hydrogen-bond acceptors (Lipinski definition) is 2. The van der Waals surface area contributed by atoms with Gasteiger partial charge in [-0.2, -0.15) is 0 Å². The van der Waals surface area contributed by atoms with Crippen LogP contribution in [0.4, 0.5) is 0 Å². The second-order valence-corrected chi connectivity index (χ2v) is 5.44. The second-order valence-electron chi connectivity index (χ2n) is 5.44. The Kier molecular flexibility index (Phi) is 5.33. The fourth-order valence-electron chi connectivity index (χ4n) is 2.49. The predicted octanol–water partition coefficient (Wildman–Crippen LogP) is 3.71. The van der Waals surface area contributed by atoms with Crippen molar-refractivity contribution in [2.24, 2.45) is 5.92 Å². The molecule has 0 fully saturated rings. The van der Waals surface area contributed by atoms with E-state index in [9.17, 15) is 5.11 Å². The van der Waals surface area contributed by atoms with Crippen LogP contribution in [0.5, 0.6) is 0 Å². The highest BCUT2D eigenvalue weighted by Gasteiger charge is 2.20. The summed E-state index contributed by atoms with van der Waals surface area (Å²) in [6.45, 7) is 4.49. The highest BCUT2D eigenvalue weighted by atomic mass is 16.3. The Hall–Kier alpha value is -1.64. The van der Waals surface area contributed by atoms with Crippen molar-refractivity contribution in [2.75, 3.05) is 6.61 Å². The van der Waals surface area contributed by atoms with Crippen LogP contribution in [0, 0.1) is 5.92 Å². The lowest BCUT2D eigenvalue weighted by atomic mass is 9.94. The highest BCUT2D eigenvalue weighted by Crippen LogP contribution is 2.25. The van der Waals surface area contributed by atoms with E-state index in [1.807, 2.05) is 24.3 Å². The van der Waals surface area contributed by atoms with Crippen LogP contribution in [0.25, 0.3) is 0 Å². The Morgan fingerprint density at radius 1 is 0.850 bits per heavy atom. The lowest BCUT2D eigenvalue weighted by Gasteiger charge is -2.28. The first kappa shape index (κ1) is 14.8. The molecule has 0 amide bonds. The van der Waals surface area contributed by atoms with Crippen molar-refractivity contribution >= 4 is 0 Å². The van der Waals surface area contributed by atoms with Crippen LogP contribution in [0.2, 0.25) is 0 Å². The maximum atomic E-state index is 9.69. The van der Waals surface area contributed by atoms with E-state index in [1.165, 1.54) is 5.56 Å². The number of nitrogens with one attached hydrogen (secondary N) is 1. The molecule has 2 unspecified atom stereocenters. The van der Waals surface area contributed by atoms with Crippen molar-refractivity contribution in [3.05, 3.63) is 71.8 Å². The van der Waals surface area contributed by atoms with E-state index in [1.54, 1.807) is 0 Å². The predicted molar refractivity (Wildman–Crippen MR) is 83.4 cm³/mol. The molecule has 2 rings (SSSR count). The number of rotatable bonds is 6. The molecule has 2 heteroatoms. The molecule has 2 atom stereocenters. The standard InChI is InChI=1S/C18H23NO/c1-14(2)18(16-11-7-4-8-12-16)19-17(13-20)15-9-5-3-6-10-15/h3-12,14,17-20H,13H2,1-2H3. The fraction of sp³-hybridized carbons (Fsp3) is 0.333. The first-order chi connectivity index (χ1) is 9.72. The summed E-state index contributed by atoms with van der Waals surface area (Å²) in [7, 11) is 0. The molecule has 0 aliphatic carbocycles. The Bertz CT molecular complexity index is 495. The van der Waals surface area contributed by atoms with Gasteiger partial charge >= 0.3 is 0 Å². The van der Waals surface area contributed by atoms with Crippen LogP contribution in [0.15, 0.2) is 60.7 Å². The fourth-order valence-corrected chi connectivity index (χ4v) is 2.49. The summed E-state index contributed by atoms with van der Waals surface area (Å²) < 4.78 is 0. The van der Waals surface area contributed by atoms with Crippen LogP contribution < -0.4 is 5.32 Å². The minimum Gasteiger partial charge on any atom is -0.394 e. The molecule has 0 aromatic heterocycles. The van der Waals surface area contributed by atoms with Crippen LogP contribution >= 0.6 is 0 Å². The van der Waals surface area contributed by atoms with E-state index >= 15 is 0 Å². The van der Waals surface area contributed by atoms with E-state index < -0.39 is 0 Å². The Balaban J connectivity index is 2.19. The van der Waals surface area contributed by atoms with Gasteiger partial charge in [0.2, 0.25) is 0 Å². The molecule has 0 saturated heterocycles. The maximum Gasteiger partial charge on any atom is 0.0626 e. The molecular weight excluding hydrogens is 246 g/mol. The van der Waals surface area contributed by atoms with Gasteiger partial charge in [-0.25, -0.2) is 0 Å². The lowest BCUT2D eigenvalue weighted by Crippen LogP contribution is -2.31. The molecular formula is C18H23NO. The Morgan fingerprint density at radius 2 is 1.35 bits per heavy atom. The highest BCUT2D eigenvalue weighted by molar-refractivity contribution is 5.23. The number of aliphatic hydroxyl groups is 1. The maximum absolute atomic E-state index is 9.69. The third-order valence-corrected chi connectivity index (χ3v) is 3.59. The third kappa shape index (κ3) is 3.69. The topological polar surface area (TPSA) is 32.3 Å². The van der Waals surface area contributed by atoms with Crippen molar-refractivity contribution in [1.29, 1.82) is 0 Å². The molecule has 0 spiro atoms. The Labute approximate surface area is 121 Å². The van der Waals surface area contributed by atoms with E-state index in [-0.39, 0.29) is 18.7 Å². The van der Waals surface area contributed by atoms with Crippen molar-refractivity contribution in [3.8, 4) is 0 Å². The smallest absolute Gasteiger partial charge is 0.0626 e. The van der Waals surface area contributed by atoms with Gasteiger partial charge in [-0.3, -0.25) is 0 Å². The SMILES string of the molecule is CC(C)C(NC(CO)c1ccccc1)c1ccccc1. The van der Waals surface area contributed by atoms with Crippen molar-refractivity contribution in [1.82, 2.24) is 5.32 Å². The van der Waals surface area contributed by atoms with Gasteiger partial charge in [-0.05, 0) is 17.0 Å². The van der Waals surface area contributed by atoms with E-state index in [0.717, 1.165) is 5.56 Å². The molecule has 2 aromatic rings. The zero-order valence-corrected chi connectivity index (χ0v) is 12.2. The average molecular weight is 269 g/mol. The van der Waals surface area contributed by atoms with Gasteiger partial charge < -0.3 is 10.4 Å². The summed E-state index contributed by atoms with van der Waals surface area (Å²) in [5, 5.41) is 13.3. The first-order valence-corrected chi connectivity index (χ1v) is 7.19. The van der Waals surface area contributed by atoms with Gasteiger partial charge in [-0.1, -0.05) is 74.5 Å². The molecule has 20 heavy (non-hydrogen) atoms. The normalized spacial score (nSPS) is 14.2. The van der Waals surface area contributed by atoms with E-state index in [2.05, 4.69) is 55.6 Å². The molecule has 0 heterocycles. The summed E-state index contributed by atoms with van der Waals surface area (Å²) in [5.74, 6) is 0.454. The molecule has 2 N–H and O–H groups in total. The van der Waals surface area contributed by atoms with Crippen molar-refractivity contribution < 1.29 is 5.11 Å². The zero-order valence-electron chi connectivity index (χ0n) is 12.2. The lowest BCUT2D eigenvalue weighted by molar-refractivity contribution is 0.221. The van der Waals surface area contributed by atoms with E-state index in [4.69, 9.17) is 0 Å².